The molecule has 1 saturated heterocycles. The average molecular weight is 260 g/mol. The molecule has 58 valence electrons. The van der Waals surface area contributed by atoms with E-state index in [1.807, 2.05) is 6.20 Å². The van der Waals surface area contributed by atoms with Crippen molar-refractivity contribution in [2.24, 2.45) is 0 Å². The lowest BCUT2D eigenvalue weighted by Crippen LogP contribution is -2.34. The highest BCUT2D eigenvalue weighted by molar-refractivity contribution is 14.1. The standard InChI is InChI=1S/C8H9IN2/c9-8-2-1-6(5-11-8)7-3-4-10-7/h1-2,5,7,10H,3-4H2/t7-/m0/s1. The van der Waals surface area contributed by atoms with Gasteiger partial charge in [0.05, 0.1) is 0 Å². The fourth-order valence-corrected chi connectivity index (χ4v) is 1.49. The third-order valence-electron chi connectivity index (χ3n) is 1.98. The summed E-state index contributed by atoms with van der Waals surface area (Å²) >= 11 is 2.22. The van der Waals surface area contributed by atoms with Crippen LogP contribution in [0.3, 0.4) is 0 Å². The van der Waals surface area contributed by atoms with Crippen LogP contribution in [0.1, 0.15) is 18.0 Å². The molecule has 0 radical (unpaired) electrons. The van der Waals surface area contributed by atoms with Crippen molar-refractivity contribution >= 4 is 22.6 Å². The number of hydrogen-bond donors (Lipinski definition) is 1. The van der Waals surface area contributed by atoms with Gasteiger partial charge in [0.25, 0.3) is 0 Å². The Kier molecular flexibility index (Phi) is 2.09. The van der Waals surface area contributed by atoms with Gasteiger partial charge in [0.2, 0.25) is 0 Å². The van der Waals surface area contributed by atoms with Gasteiger partial charge in [0, 0.05) is 12.2 Å². The largest absolute Gasteiger partial charge is 0.310 e. The number of pyridine rings is 1. The summed E-state index contributed by atoms with van der Waals surface area (Å²) in [5.41, 5.74) is 1.32. The highest BCUT2D eigenvalue weighted by Gasteiger charge is 2.17. The number of nitrogens with one attached hydrogen (secondary N) is 1. The summed E-state index contributed by atoms with van der Waals surface area (Å²) in [6, 6.07) is 4.76. The number of aromatic nitrogens is 1. The lowest BCUT2D eigenvalue weighted by atomic mass is 10.0. The van der Waals surface area contributed by atoms with Crippen molar-refractivity contribution in [1.29, 1.82) is 0 Å². The molecule has 1 aromatic heterocycles. The van der Waals surface area contributed by atoms with E-state index in [0.717, 1.165) is 10.2 Å². The van der Waals surface area contributed by atoms with Crippen molar-refractivity contribution in [1.82, 2.24) is 10.3 Å². The second-order valence-corrected chi connectivity index (χ2v) is 3.81. The van der Waals surface area contributed by atoms with Crippen LogP contribution in [0.25, 0.3) is 0 Å². The summed E-state index contributed by atoms with van der Waals surface area (Å²) < 4.78 is 1.06. The Morgan fingerprint density at radius 2 is 2.36 bits per heavy atom. The molecule has 1 fully saturated rings. The van der Waals surface area contributed by atoms with Crippen LogP contribution in [0.4, 0.5) is 0 Å². The first kappa shape index (κ1) is 7.49. The van der Waals surface area contributed by atoms with Crippen molar-refractivity contribution in [2.45, 2.75) is 12.5 Å². The minimum absolute atomic E-state index is 0.569. The van der Waals surface area contributed by atoms with Crippen molar-refractivity contribution in [2.75, 3.05) is 6.54 Å². The van der Waals surface area contributed by atoms with Gasteiger partial charge in [-0.2, -0.15) is 0 Å². The van der Waals surface area contributed by atoms with Gasteiger partial charge in [-0.3, -0.25) is 0 Å². The van der Waals surface area contributed by atoms with Crippen LogP contribution < -0.4 is 5.32 Å². The molecule has 3 heteroatoms. The second-order valence-electron chi connectivity index (χ2n) is 2.71. The Balaban J connectivity index is 2.18. The van der Waals surface area contributed by atoms with Gasteiger partial charge in [0.15, 0.2) is 0 Å². The first-order valence-corrected chi connectivity index (χ1v) is 4.79. The van der Waals surface area contributed by atoms with Gasteiger partial charge in [-0.1, -0.05) is 6.07 Å². The Labute approximate surface area is 79.6 Å². The Morgan fingerprint density at radius 1 is 1.55 bits per heavy atom. The molecule has 2 rings (SSSR count). The zero-order valence-electron chi connectivity index (χ0n) is 6.05. The van der Waals surface area contributed by atoms with Gasteiger partial charge in [-0.25, -0.2) is 4.98 Å². The van der Waals surface area contributed by atoms with Crippen molar-refractivity contribution in [3.63, 3.8) is 0 Å². The smallest absolute Gasteiger partial charge is 0.101 e. The molecule has 0 amide bonds. The minimum atomic E-state index is 0.569. The fourth-order valence-electron chi connectivity index (χ4n) is 1.17. The highest BCUT2D eigenvalue weighted by atomic mass is 127. The molecule has 1 N–H and O–H groups in total. The maximum atomic E-state index is 4.23. The predicted octanol–water partition coefficient (Wildman–Crippen LogP) is 1.72. The van der Waals surface area contributed by atoms with Crippen molar-refractivity contribution < 1.29 is 0 Å². The van der Waals surface area contributed by atoms with Crippen LogP contribution in [-0.2, 0) is 0 Å². The van der Waals surface area contributed by atoms with Gasteiger partial charge in [-0.05, 0) is 47.2 Å². The van der Waals surface area contributed by atoms with Gasteiger partial charge in [-0.15, -0.1) is 0 Å². The lowest BCUT2D eigenvalue weighted by Gasteiger charge is -2.27. The van der Waals surface area contributed by atoms with E-state index >= 15 is 0 Å². The van der Waals surface area contributed by atoms with E-state index < -0.39 is 0 Å². The zero-order chi connectivity index (χ0) is 7.68. The zero-order valence-corrected chi connectivity index (χ0v) is 8.21. The Hall–Kier alpha value is -0.160. The van der Waals surface area contributed by atoms with Gasteiger partial charge < -0.3 is 5.32 Å². The molecule has 2 nitrogen and oxygen atoms in total. The van der Waals surface area contributed by atoms with E-state index in [9.17, 15) is 0 Å². The average Bonchev–Trinajstić information content (AvgIpc) is 1.90. The summed E-state index contributed by atoms with van der Waals surface area (Å²) in [6.45, 7) is 1.15. The van der Waals surface area contributed by atoms with Crippen LogP contribution in [-0.4, -0.2) is 11.5 Å². The minimum Gasteiger partial charge on any atom is -0.310 e. The van der Waals surface area contributed by atoms with E-state index in [1.54, 1.807) is 0 Å². The molecular formula is C8H9IN2. The third kappa shape index (κ3) is 1.54. The molecule has 1 aromatic rings. The maximum absolute atomic E-state index is 4.23. The summed E-state index contributed by atoms with van der Waals surface area (Å²) in [4.78, 5) is 4.23. The van der Waals surface area contributed by atoms with E-state index in [2.05, 4.69) is 45.0 Å². The van der Waals surface area contributed by atoms with E-state index in [0.29, 0.717) is 6.04 Å². The van der Waals surface area contributed by atoms with Crippen LogP contribution in [0.15, 0.2) is 18.3 Å². The molecule has 0 bridgehead atoms. The van der Waals surface area contributed by atoms with Crippen LogP contribution in [0.2, 0.25) is 0 Å². The molecular weight excluding hydrogens is 251 g/mol. The van der Waals surface area contributed by atoms with Crippen molar-refractivity contribution in [3.05, 3.63) is 27.6 Å². The van der Waals surface area contributed by atoms with Crippen LogP contribution >= 0.6 is 22.6 Å². The molecule has 2 heterocycles. The fraction of sp³-hybridized carbons (Fsp3) is 0.375. The molecule has 11 heavy (non-hydrogen) atoms. The molecule has 0 unspecified atom stereocenters. The predicted molar refractivity (Wildman–Crippen MR) is 52.3 cm³/mol. The molecule has 0 aliphatic carbocycles. The van der Waals surface area contributed by atoms with E-state index in [1.165, 1.54) is 12.0 Å². The Morgan fingerprint density at radius 3 is 2.82 bits per heavy atom. The molecule has 1 atom stereocenters. The van der Waals surface area contributed by atoms with E-state index in [4.69, 9.17) is 0 Å². The Bertz CT molecular complexity index is 241. The molecule has 0 aromatic carbocycles. The van der Waals surface area contributed by atoms with Gasteiger partial charge in [0.1, 0.15) is 3.70 Å². The molecule has 1 aliphatic rings. The third-order valence-corrected chi connectivity index (χ3v) is 2.61. The van der Waals surface area contributed by atoms with Gasteiger partial charge >= 0.3 is 0 Å². The summed E-state index contributed by atoms with van der Waals surface area (Å²) in [6.07, 6.45) is 3.21. The molecule has 0 spiro atoms. The highest BCUT2D eigenvalue weighted by Crippen LogP contribution is 2.21. The quantitative estimate of drug-likeness (QED) is 0.614. The second kappa shape index (κ2) is 3.06. The SMILES string of the molecule is Ic1ccc([C@@H]2CCN2)cn1. The number of halogens is 1. The topological polar surface area (TPSA) is 24.9 Å². The number of hydrogen-bond acceptors (Lipinski definition) is 2. The summed E-state index contributed by atoms with van der Waals surface area (Å²) in [7, 11) is 0. The molecule has 0 saturated carbocycles. The summed E-state index contributed by atoms with van der Waals surface area (Å²) in [5, 5.41) is 3.34. The monoisotopic (exact) mass is 260 g/mol. The lowest BCUT2D eigenvalue weighted by molar-refractivity contribution is 0.382. The summed E-state index contributed by atoms with van der Waals surface area (Å²) in [5.74, 6) is 0. The van der Waals surface area contributed by atoms with Crippen LogP contribution in [0.5, 0.6) is 0 Å². The normalized spacial score (nSPS) is 22.8. The first-order valence-electron chi connectivity index (χ1n) is 3.71. The van der Waals surface area contributed by atoms with Crippen LogP contribution in [0, 0.1) is 3.70 Å². The number of rotatable bonds is 1. The first-order chi connectivity index (χ1) is 5.36. The van der Waals surface area contributed by atoms with E-state index in [-0.39, 0.29) is 0 Å². The van der Waals surface area contributed by atoms with Crippen molar-refractivity contribution in [3.8, 4) is 0 Å². The number of nitrogens with zero attached hydrogens (tertiary/aromatic N) is 1. The maximum Gasteiger partial charge on any atom is 0.101 e. The molecule has 1 aliphatic heterocycles.